The van der Waals surface area contributed by atoms with Crippen LogP contribution in [0, 0.1) is 17.1 Å². The third-order valence-electron chi connectivity index (χ3n) is 4.40. The molecule has 8 heteroatoms. The molecule has 0 spiro atoms. The molecule has 0 N–H and O–H groups in total. The molecule has 2 aliphatic heterocycles. The summed E-state index contributed by atoms with van der Waals surface area (Å²) in [5.41, 5.74) is -0.267. The van der Waals surface area contributed by atoms with Crippen molar-refractivity contribution >= 4 is 10.0 Å². The lowest BCUT2D eigenvalue weighted by Gasteiger charge is -2.45. The van der Waals surface area contributed by atoms with E-state index in [4.69, 9.17) is 10.00 Å². The SMILES string of the molecule is CN1CC[C@H]2OCCN(S(=O)(=O)c3ccc(F)c(C#N)c3)[C@H]2C1. The zero-order chi connectivity index (χ0) is 16.6. The van der Waals surface area contributed by atoms with Gasteiger partial charge in [-0.2, -0.15) is 9.57 Å². The largest absolute Gasteiger partial charge is 0.375 e. The molecule has 1 aromatic rings. The van der Waals surface area contributed by atoms with Gasteiger partial charge >= 0.3 is 0 Å². The van der Waals surface area contributed by atoms with Crippen LogP contribution < -0.4 is 0 Å². The van der Waals surface area contributed by atoms with E-state index in [1.807, 2.05) is 7.05 Å². The summed E-state index contributed by atoms with van der Waals surface area (Å²) in [4.78, 5) is 2.02. The van der Waals surface area contributed by atoms with Crippen LogP contribution in [-0.4, -0.2) is 63.1 Å². The van der Waals surface area contributed by atoms with Crippen LogP contribution in [0.5, 0.6) is 0 Å². The summed E-state index contributed by atoms with van der Waals surface area (Å²) in [5.74, 6) is -0.719. The summed E-state index contributed by atoms with van der Waals surface area (Å²) in [6.07, 6.45) is 0.658. The first kappa shape index (κ1) is 16.3. The normalized spacial score (nSPS) is 26.5. The smallest absolute Gasteiger partial charge is 0.243 e. The van der Waals surface area contributed by atoms with Crippen molar-refractivity contribution in [3.8, 4) is 6.07 Å². The first-order valence-corrected chi connectivity index (χ1v) is 8.89. The third-order valence-corrected chi connectivity index (χ3v) is 6.32. The second-order valence-electron chi connectivity index (χ2n) is 5.90. The highest BCUT2D eigenvalue weighted by atomic mass is 32.2. The Morgan fingerprint density at radius 2 is 2.17 bits per heavy atom. The Morgan fingerprint density at radius 1 is 1.39 bits per heavy atom. The number of sulfonamides is 1. The summed E-state index contributed by atoms with van der Waals surface area (Å²) in [5, 5.41) is 8.92. The second-order valence-corrected chi connectivity index (χ2v) is 7.79. The summed E-state index contributed by atoms with van der Waals surface area (Å²) in [6, 6.07) is 4.76. The standard InChI is InChI=1S/C15H18FN3O3S/c1-18-5-4-15-14(10-18)19(6-7-22-15)23(20,21)12-2-3-13(16)11(8-12)9-17/h2-3,8,14-15H,4-7,10H2,1H3/t14-,15+/m0/s1. The van der Waals surface area contributed by atoms with Crippen molar-refractivity contribution in [2.75, 3.05) is 33.3 Å². The predicted molar refractivity (Wildman–Crippen MR) is 80.6 cm³/mol. The van der Waals surface area contributed by atoms with E-state index in [0.29, 0.717) is 13.2 Å². The topological polar surface area (TPSA) is 73.6 Å². The van der Waals surface area contributed by atoms with Crippen molar-refractivity contribution in [1.82, 2.24) is 9.21 Å². The van der Waals surface area contributed by atoms with E-state index >= 15 is 0 Å². The molecule has 2 saturated heterocycles. The fourth-order valence-corrected chi connectivity index (χ4v) is 4.83. The van der Waals surface area contributed by atoms with Crippen molar-refractivity contribution in [3.63, 3.8) is 0 Å². The highest BCUT2D eigenvalue weighted by Crippen LogP contribution is 2.28. The molecule has 1 aromatic carbocycles. The fraction of sp³-hybridized carbons (Fsp3) is 0.533. The molecular formula is C15H18FN3O3S. The molecule has 2 heterocycles. The number of nitriles is 1. The number of nitrogens with zero attached hydrogens (tertiary/aromatic N) is 3. The highest BCUT2D eigenvalue weighted by molar-refractivity contribution is 7.89. The van der Waals surface area contributed by atoms with Gasteiger partial charge in [0.05, 0.1) is 29.2 Å². The maximum atomic E-state index is 13.5. The number of piperidine rings is 1. The third kappa shape index (κ3) is 2.97. The molecule has 3 rings (SSSR count). The van der Waals surface area contributed by atoms with E-state index in [1.165, 1.54) is 10.4 Å². The average molecular weight is 339 g/mol. The number of ether oxygens (including phenoxy) is 1. The summed E-state index contributed by atoms with van der Waals surface area (Å²) in [7, 11) is -1.85. The molecule has 2 fully saturated rings. The van der Waals surface area contributed by atoms with E-state index in [2.05, 4.69) is 4.90 Å². The molecule has 6 nitrogen and oxygen atoms in total. The Kier molecular flexibility index (Phi) is 4.38. The molecular weight excluding hydrogens is 321 g/mol. The van der Waals surface area contributed by atoms with Crippen LogP contribution >= 0.6 is 0 Å². The van der Waals surface area contributed by atoms with Crippen LogP contribution in [0.1, 0.15) is 12.0 Å². The lowest BCUT2D eigenvalue weighted by atomic mass is 10.0. The average Bonchev–Trinajstić information content (AvgIpc) is 2.54. The number of morpholine rings is 1. The van der Waals surface area contributed by atoms with Gasteiger partial charge in [-0.15, -0.1) is 0 Å². The second kappa shape index (κ2) is 6.17. The van der Waals surface area contributed by atoms with E-state index in [1.54, 1.807) is 6.07 Å². The lowest BCUT2D eigenvalue weighted by Crippen LogP contribution is -2.60. The van der Waals surface area contributed by atoms with Crippen molar-refractivity contribution in [2.45, 2.75) is 23.5 Å². The molecule has 0 radical (unpaired) electrons. The summed E-state index contributed by atoms with van der Waals surface area (Å²) >= 11 is 0. The minimum atomic E-state index is -3.80. The molecule has 0 aliphatic carbocycles. The van der Waals surface area contributed by atoms with Crippen LogP contribution in [-0.2, 0) is 14.8 Å². The molecule has 2 atom stereocenters. The van der Waals surface area contributed by atoms with Gasteiger partial charge in [0.25, 0.3) is 0 Å². The molecule has 0 bridgehead atoms. The number of likely N-dealkylation sites (tertiary alicyclic amines) is 1. The minimum Gasteiger partial charge on any atom is -0.375 e. The Morgan fingerprint density at radius 3 is 2.91 bits per heavy atom. The van der Waals surface area contributed by atoms with Gasteiger partial charge in [-0.3, -0.25) is 0 Å². The zero-order valence-electron chi connectivity index (χ0n) is 12.8. The Bertz CT molecular complexity index is 747. The van der Waals surface area contributed by atoms with Crippen LogP contribution in [0.3, 0.4) is 0 Å². The van der Waals surface area contributed by atoms with E-state index in [-0.39, 0.29) is 29.1 Å². The Hall–Kier alpha value is -1.53. The number of rotatable bonds is 2. The summed E-state index contributed by atoms with van der Waals surface area (Å²) in [6.45, 7) is 2.06. The Balaban J connectivity index is 1.96. The van der Waals surface area contributed by atoms with E-state index in [0.717, 1.165) is 25.1 Å². The Labute approximate surface area is 135 Å². The molecule has 0 saturated carbocycles. The predicted octanol–water partition coefficient (Wildman–Crippen LogP) is 0.791. The quantitative estimate of drug-likeness (QED) is 0.796. The molecule has 23 heavy (non-hydrogen) atoms. The minimum absolute atomic E-state index is 0.0515. The molecule has 0 unspecified atom stereocenters. The van der Waals surface area contributed by atoms with Crippen LogP contribution in [0.25, 0.3) is 0 Å². The van der Waals surface area contributed by atoms with Gasteiger partial charge in [-0.05, 0) is 31.7 Å². The van der Waals surface area contributed by atoms with Crippen molar-refractivity contribution in [2.24, 2.45) is 0 Å². The number of fused-ring (bicyclic) bond motifs is 1. The monoisotopic (exact) mass is 339 g/mol. The zero-order valence-corrected chi connectivity index (χ0v) is 13.6. The van der Waals surface area contributed by atoms with Crippen molar-refractivity contribution < 1.29 is 17.5 Å². The van der Waals surface area contributed by atoms with Gasteiger partial charge < -0.3 is 9.64 Å². The van der Waals surface area contributed by atoms with Crippen LogP contribution in [0.4, 0.5) is 4.39 Å². The van der Waals surface area contributed by atoms with Gasteiger partial charge in [-0.25, -0.2) is 12.8 Å². The number of benzene rings is 1. The maximum Gasteiger partial charge on any atom is 0.243 e. The van der Waals surface area contributed by atoms with Crippen molar-refractivity contribution in [1.29, 1.82) is 5.26 Å². The van der Waals surface area contributed by atoms with Crippen LogP contribution in [0.15, 0.2) is 23.1 Å². The molecule has 0 amide bonds. The van der Waals surface area contributed by atoms with Gasteiger partial charge in [0.1, 0.15) is 11.9 Å². The van der Waals surface area contributed by atoms with Gasteiger partial charge in [0, 0.05) is 19.6 Å². The van der Waals surface area contributed by atoms with Crippen molar-refractivity contribution in [3.05, 3.63) is 29.6 Å². The fourth-order valence-electron chi connectivity index (χ4n) is 3.18. The molecule has 2 aliphatic rings. The number of halogens is 1. The van der Waals surface area contributed by atoms with Gasteiger partial charge in [0.2, 0.25) is 10.0 Å². The first-order chi connectivity index (χ1) is 10.9. The van der Waals surface area contributed by atoms with Gasteiger partial charge in [0.15, 0.2) is 0 Å². The van der Waals surface area contributed by atoms with E-state index in [9.17, 15) is 12.8 Å². The van der Waals surface area contributed by atoms with Gasteiger partial charge in [-0.1, -0.05) is 0 Å². The summed E-state index contributed by atoms with van der Waals surface area (Å²) < 4.78 is 46.5. The highest BCUT2D eigenvalue weighted by Gasteiger charge is 2.42. The number of hydrogen-bond acceptors (Lipinski definition) is 5. The molecule has 124 valence electrons. The van der Waals surface area contributed by atoms with Crippen LogP contribution in [0.2, 0.25) is 0 Å². The first-order valence-electron chi connectivity index (χ1n) is 7.45. The number of hydrogen-bond donors (Lipinski definition) is 0. The molecule has 0 aromatic heterocycles. The maximum absolute atomic E-state index is 13.5. The number of likely N-dealkylation sites (N-methyl/N-ethyl adjacent to an activating group) is 1. The van der Waals surface area contributed by atoms with E-state index < -0.39 is 15.8 Å². The lowest BCUT2D eigenvalue weighted by molar-refractivity contribution is -0.0719.